The number of aromatic amines is 2. The third-order valence-corrected chi connectivity index (χ3v) is 23.0. The summed E-state index contributed by atoms with van der Waals surface area (Å²) < 4.78 is 19.1. The van der Waals surface area contributed by atoms with Gasteiger partial charge in [-0.2, -0.15) is 0 Å². The van der Waals surface area contributed by atoms with Crippen molar-refractivity contribution in [2.75, 3.05) is 0 Å². The molecule has 0 saturated heterocycles. The molecule has 2 N–H and O–H groups in total. The SMILES string of the molecule is C1=C(CCCc2ccc(-c3nc(-c4ccc(CCCc5ccc6[nH]c7ccc(-c8cccc(-c9ccccc9)c8)cc7c6c5)cc4)nc(-c4ccc(CCCc5ccc6oc7ccc(-c8ccc9[nH]c%10ccccc%10c9c8)cc7c6c5)cc4)n3)cc2)CCc2oc3ccc(-c4ccc5oc6ccccc6c5c4)cc3c21. The average Bonchev–Trinajstić information content (AvgIpc) is 1.59. The Kier molecular flexibility index (Phi) is 16.2. The van der Waals surface area contributed by atoms with Gasteiger partial charge in [-0.05, 0) is 240 Å². The van der Waals surface area contributed by atoms with Gasteiger partial charge >= 0.3 is 0 Å². The number of aryl methyl sites for hydroxylation is 6. The number of para-hydroxylation sites is 2. The van der Waals surface area contributed by atoms with Gasteiger partial charge in [-0.1, -0.05) is 212 Å². The molecule has 21 rings (SSSR count). The second-order valence-electron chi connectivity index (χ2n) is 30.0. The van der Waals surface area contributed by atoms with Gasteiger partial charge in [-0.15, -0.1) is 0 Å². The van der Waals surface area contributed by atoms with Gasteiger partial charge in [0.25, 0.3) is 0 Å². The minimum atomic E-state index is 0.655. The van der Waals surface area contributed by atoms with E-state index in [2.05, 4.69) is 307 Å². The zero-order valence-electron chi connectivity index (χ0n) is 60.8. The van der Waals surface area contributed by atoms with Crippen LogP contribution in [0.5, 0.6) is 0 Å². The summed E-state index contributed by atoms with van der Waals surface area (Å²) in [6.45, 7) is 0. The predicted octanol–water partition coefficient (Wildman–Crippen LogP) is 27.1. The maximum absolute atomic E-state index is 6.49. The first-order chi connectivity index (χ1) is 54.4. The Labute approximate surface area is 636 Å². The number of H-pyrrole nitrogens is 2. The molecule has 0 radical (unpaired) electrons. The molecule has 1 aliphatic rings. The third kappa shape index (κ3) is 12.4. The van der Waals surface area contributed by atoms with Crippen molar-refractivity contribution >= 4 is 105 Å². The molecular formula is C102H75N5O3. The summed E-state index contributed by atoms with van der Waals surface area (Å²) in [6, 6.07) is 110. The van der Waals surface area contributed by atoms with E-state index in [1.54, 1.807) is 0 Å². The number of rotatable bonds is 19. The van der Waals surface area contributed by atoms with Crippen LogP contribution in [-0.4, -0.2) is 24.9 Å². The molecule has 0 fully saturated rings. The van der Waals surface area contributed by atoms with Crippen LogP contribution in [0.2, 0.25) is 0 Å². The predicted molar refractivity (Wildman–Crippen MR) is 454 cm³/mol. The molecule has 0 unspecified atom stereocenters. The van der Waals surface area contributed by atoms with Crippen LogP contribution in [0.1, 0.15) is 71.2 Å². The molecule has 8 nitrogen and oxygen atoms in total. The van der Waals surface area contributed by atoms with Gasteiger partial charge < -0.3 is 23.2 Å². The number of nitrogens with one attached hydrogen (secondary N) is 2. The van der Waals surface area contributed by atoms with E-state index in [0.29, 0.717) is 17.5 Å². The summed E-state index contributed by atoms with van der Waals surface area (Å²) in [6.07, 6.45) is 13.2. The van der Waals surface area contributed by atoms with Crippen LogP contribution in [-0.2, 0) is 38.5 Å². The molecule has 110 heavy (non-hydrogen) atoms. The fourth-order valence-corrected chi connectivity index (χ4v) is 17.1. The number of benzene rings is 14. The number of aromatic nitrogens is 5. The summed E-state index contributed by atoms with van der Waals surface area (Å²) in [5, 5.41) is 10.7. The Morgan fingerprint density at radius 2 is 0.600 bits per heavy atom. The lowest BCUT2D eigenvalue weighted by Gasteiger charge is -2.13. The summed E-state index contributed by atoms with van der Waals surface area (Å²) in [7, 11) is 0. The van der Waals surface area contributed by atoms with Crippen molar-refractivity contribution in [2.45, 2.75) is 70.6 Å². The number of furan rings is 3. The molecular weight excluding hydrogens is 1340 g/mol. The number of allylic oxidation sites excluding steroid dienone is 1. The van der Waals surface area contributed by atoms with E-state index in [1.807, 2.05) is 12.1 Å². The molecule has 0 spiro atoms. The largest absolute Gasteiger partial charge is 0.460 e. The van der Waals surface area contributed by atoms with Crippen LogP contribution < -0.4 is 0 Å². The van der Waals surface area contributed by atoms with E-state index in [4.69, 9.17) is 28.2 Å². The molecule has 0 bridgehead atoms. The van der Waals surface area contributed by atoms with Gasteiger partial charge in [0.15, 0.2) is 17.5 Å². The highest BCUT2D eigenvalue weighted by Gasteiger charge is 2.22. The maximum atomic E-state index is 6.49. The molecule has 20 aromatic rings. The van der Waals surface area contributed by atoms with Crippen LogP contribution in [0.15, 0.2) is 322 Å². The van der Waals surface area contributed by atoms with Crippen LogP contribution >= 0.6 is 0 Å². The molecule has 1 aliphatic carbocycles. The molecule has 6 aromatic heterocycles. The molecule has 0 atom stereocenters. The summed E-state index contributed by atoms with van der Waals surface area (Å²) in [5.74, 6) is 3.05. The maximum Gasteiger partial charge on any atom is 0.164 e. The van der Waals surface area contributed by atoms with E-state index in [0.717, 1.165) is 165 Å². The molecule has 0 saturated carbocycles. The molecule has 6 heterocycles. The fourth-order valence-electron chi connectivity index (χ4n) is 17.1. The fraction of sp³-hybridized carbons (Fsp3) is 0.108. The Morgan fingerprint density at radius 3 is 1.19 bits per heavy atom. The van der Waals surface area contributed by atoms with Crippen molar-refractivity contribution in [3.8, 4) is 78.7 Å². The number of nitrogens with zero attached hydrogens (tertiary/aromatic N) is 3. The van der Waals surface area contributed by atoms with E-state index in [-0.39, 0.29) is 0 Å². The highest BCUT2D eigenvalue weighted by atomic mass is 16.3. The van der Waals surface area contributed by atoms with Gasteiger partial charge in [0, 0.05) is 99.2 Å². The number of hydrogen-bond acceptors (Lipinski definition) is 6. The highest BCUT2D eigenvalue weighted by Crippen LogP contribution is 2.42. The average molecular weight is 1420 g/mol. The lowest BCUT2D eigenvalue weighted by Crippen LogP contribution is -2.01. The highest BCUT2D eigenvalue weighted by molar-refractivity contribution is 6.12. The summed E-state index contributed by atoms with van der Waals surface area (Å²) in [5.41, 5.74) is 30.8. The second-order valence-corrected chi connectivity index (χ2v) is 30.0. The first kappa shape index (κ1) is 64.9. The van der Waals surface area contributed by atoms with Gasteiger partial charge in [0.2, 0.25) is 0 Å². The first-order valence-electron chi connectivity index (χ1n) is 38.7. The van der Waals surface area contributed by atoms with Crippen LogP contribution in [0.4, 0.5) is 0 Å². The number of fused-ring (bicyclic) bond motifs is 15. The smallest absolute Gasteiger partial charge is 0.164 e. The molecule has 526 valence electrons. The Balaban J connectivity index is 0.513. The van der Waals surface area contributed by atoms with E-state index >= 15 is 0 Å². The zero-order valence-corrected chi connectivity index (χ0v) is 60.8. The Bertz CT molecular complexity index is 6990. The van der Waals surface area contributed by atoms with E-state index in [9.17, 15) is 0 Å². The van der Waals surface area contributed by atoms with E-state index in [1.165, 1.54) is 110 Å². The van der Waals surface area contributed by atoms with Crippen LogP contribution in [0.3, 0.4) is 0 Å². The van der Waals surface area contributed by atoms with Gasteiger partial charge in [-0.25, -0.2) is 15.0 Å². The van der Waals surface area contributed by atoms with Crippen molar-refractivity contribution in [1.29, 1.82) is 0 Å². The van der Waals surface area contributed by atoms with Gasteiger partial charge in [0.1, 0.15) is 33.7 Å². The standard InChI is InChI=1S/C102H75N5O3/c1-2-18-69(19-3-1)73-20-11-21-74(57-73)75-41-48-93-84(59-75)82-54-66(32-46-91(82)104-93)15-8-12-63-26-35-70(36-27-63)100-105-101(71-37-28-64(29-38-71)13-9-16-67-33-49-95-85(55-67)88-61-78(44-52-98(88)109-95)76-42-47-92-83(58-76)80-22-4-6-24-90(80)103-92)107-102(106-100)72-39-30-65(31-40-72)14-10-17-68-34-50-96-86(56-68)89-62-79(45-53-99(89)110-96)77-43-51-97-87(60-77)81-23-5-7-25-94(81)108-97/h1-7,11,18-33,35-49,51-62,103-104H,8-10,12-17,34,50H2. The van der Waals surface area contributed by atoms with Gasteiger partial charge in [-0.3, -0.25) is 0 Å². The third-order valence-electron chi connectivity index (χ3n) is 23.0. The lowest BCUT2D eigenvalue weighted by atomic mass is 9.91. The van der Waals surface area contributed by atoms with Crippen molar-refractivity contribution in [1.82, 2.24) is 24.9 Å². The molecule has 14 aromatic carbocycles. The molecule has 8 heteroatoms. The lowest BCUT2D eigenvalue weighted by molar-refractivity contribution is 0.540. The zero-order chi connectivity index (χ0) is 72.6. The monoisotopic (exact) mass is 1420 g/mol. The van der Waals surface area contributed by atoms with Crippen molar-refractivity contribution in [3.63, 3.8) is 0 Å². The minimum absolute atomic E-state index is 0.655. The quantitative estimate of drug-likeness (QED) is 0.0835. The van der Waals surface area contributed by atoms with Crippen molar-refractivity contribution < 1.29 is 13.3 Å². The van der Waals surface area contributed by atoms with Crippen LogP contribution in [0.25, 0.3) is 183 Å². The minimum Gasteiger partial charge on any atom is -0.460 e. The topological polar surface area (TPSA) is 110 Å². The Hall–Kier alpha value is -13.4. The second kappa shape index (κ2) is 27.4. The molecule has 0 amide bonds. The summed E-state index contributed by atoms with van der Waals surface area (Å²) in [4.78, 5) is 23.0. The summed E-state index contributed by atoms with van der Waals surface area (Å²) >= 11 is 0. The van der Waals surface area contributed by atoms with Crippen molar-refractivity contribution in [2.24, 2.45) is 0 Å². The normalized spacial score (nSPS) is 12.5. The van der Waals surface area contributed by atoms with Gasteiger partial charge in [0.05, 0.1) is 0 Å². The number of hydrogen-bond donors (Lipinski definition) is 2. The van der Waals surface area contributed by atoms with Crippen molar-refractivity contribution in [3.05, 3.63) is 348 Å². The van der Waals surface area contributed by atoms with E-state index < -0.39 is 0 Å². The van der Waals surface area contributed by atoms with Crippen LogP contribution in [0, 0.1) is 0 Å². The Morgan fingerprint density at radius 1 is 0.236 bits per heavy atom. The first-order valence-corrected chi connectivity index (χ1v) is 38.7. The molecule has 0 aliphatic heterocycles.